The van der Waals surface area contributed by atoms with Crippen LogP contribution in [0.4, 0.5) is 0 Å². The maximum absolute atomic E-state index is 13.0. The quantitative estimate of drug-likeness (QED) is 0.263. The van der Waals surface area contributed by atoms with Crippen LogP contribution in [0, 0.1) is 0 Å². The molecule has 4 aromatic rings. The summed E-state index contributed by atoms with van der Waals surface area (Å²) in [4.78, 5) is 24.7. The number of methoxy groups -OCH3 is 1. The van der Waals surface area contributed by atoms with Gasteiger partial charge in [0.1, 0.15) is 11.6 Å². The van der Waals surface area contributed by atoms with Gasteiger partial charge < -0.3 is 4.74 Å². The molecule has 0 atom stereocenters. The highest BCUT2D eigenvalue weighted by atomic mass is 16.5. The minimum atomic E-state index is 0.138. The molecule has 0 N–H and O–H groups in total. The van der Waals surface area contributed by atoms with Crippen LogP contribution in [0.25, 0.3) is 11.3 Å². The molecular weight excluding hydrogens is 458 g/mol. The Balaban J connectivity index is 1.21. The second kappa shape index (κ2) is 11.9. The van der Waals surface area contributed by atoms with E-state index in [0.29, 0.717) is 12.8 Å². The molecule has 1 aliphatic heterocycles. The average Bonchev–Trinajstić information content (AvgIpc) is 2.94. The predicted molar refractivity (Wildman–Crippen MR) is 147 cm³/mol. The summed E-state index contributed by atoms with van der Waals surface area (Å²) >= 11 is 0. The van der Waals surface area contributed by atoms with Crippen molar-refractivity contribution in [2.45, 2.75) is 38.6 Å². The van der Waals surface area contributed by atoms with Crippen LogP contribution in [0.2, 0.25) is 0 Å². The number of hydrogen-bond acceptors (Lipinski definition) is 5. The lowest BCUT2D eigenvalue weighted by molar-refractivity contribution is 0.0993. The number of carbonyl (C=O) groups is 1. The first-order valence-electron chi connectivity index (χ1n) is 13.0. The Morgan fingerprint density at radius 1 is 0.865 bits per heavy atom. The van der Waals surface area contributed by atoms with Gasteiger partial charge in [0.2, 0.25) is 0 Å². The molecule has 2 heterocycles. The van der Waals surface area contributed by atoms with Gasteiger partial charge in [-0.3, -0.25) is 9.69 Å². The zero-order chi connectivity index (χ0) is 25.5. The molecule has 1 saturated heterocycles. The van der Waals surface area contributed by atoms with Crippen molar-refractivity contribution in [3.63, 3.8) is 0 Å². The van der Waals surface area contributed by atoms with E-state index in [1.54, 1.807) is 13.3 Å². The van der Waals surface area contributed by atoms with Gasteiger partial charge in [0.15, 0.2) is 5.78 Å². The van der Waals surface area contributed by atoms with Gasteiger partial charge in [-0.1, -0.05) is 55.0 Å². The SMILES string of the molecule is COc1ccc(-c2ccnc(Cc3cccc(CC(=O)c4ccc(CN5CCCCC5)cc4)c3)n2)cc1. The Labute approximate surface area is 219 Å². The van der Waals surface area contributed by atoms with Gasteiger partial charge in [0.25, 0.3) is 0 Å². The molecule has 0 unspecified atom stereocenters. The number of aromatic nitrogens is 2. The van der Waals surface area contributed by atoms with Crippen molar-refractivity contribution >= 4 is 5.78 Å². The molecule has 0 aliphatic carbocycles. The molecule has 5 rings (SSSR count). The third-order valence-corrected chi connectivity index (χ3v) is 6.94. The first-order valence-corrected chi connectivity index (χ1v) is 13.0. The number of hydrogen-bond donors (Lipinski definition) is 0. The van der Waals surface area contributed by atoms with Crippen LogP contribution >= 0.6 is 0 Å². The van der Waals surface area contributed by atoms with Crippen molar-refractivity contribution in [2.24, 2.45) is 0 Å². The number of carbonyl (C=O) groups excluding carboxylic acids is 1. The third-order valence-electron chi connectivity index (χ3n) is 6.94. The molecule has 188 valence electrons. The highest BCUT2D eigenvalue weighted by Gasteiger charge is 2.12. The van der Waals surface area contributed by atoms with Gasteiger partial charge in [-0.2, -0.15) is 0 Å². The summed E-state index contributed by atoms with van der Waals surface area (Å²) in [7, 11) is 1.66. The van der Waals surface area contributed by atoms with E-state index in [9.17, 15) is 4.79 Å². The Morgan fingerprint density at radius 3 is 2.38 bits per heavy atom. The second-order valence-corrected chi connectivity index (χ2v) is 9.72. The van der Waals surface area contributed by atoms with Crippen LogP contribution in [0.15, 0.2) is 85.1 Å². The van der Waals surface area contributed by atoms with Crippen LogP contribution < -0.4 is 4.74 Å². The molecule has 37 heavy (non-hydrogen) atoms. The van der Waals surface area contributed by atoms with Crippen LogP contribution in [-0.4, -0.2) is 40.9 Å². The number of Topliss-reactive ketones (excluding diaryl/α,β-unsaturated/α-hetero) is 1. The van der Waals surface area contributed by atoms with E-state index in [1.807, 2.05) is 54.6 Å². The molecule has 0 amide bonds. The van der Waals surface area contributed by atoms with Gasteiger partial charge in [-0.15, -0.1) is 0 Å². The van der Waals surface area contributed by atoms with E-state index < -0.39 is 0 Å². The van der Waals surface area contributed by atoms with E-state index in [0.717, 1.165) is 46.1 Å². The zero-order valence-electron chi connectivity index (χ0n) is 21.4. The lowest BCUT2D eigenvalue weighted by atomic mass is 9.99. The monoisotopic (exact) mass is 491 g/mol. The van der Waals surface area contributed by atoms with Crippen LogP contribution in [0.3, 0.4) is 0 Å². The Kier molecular flexibility index (Phi) is 8.02. The van der Waals surface area contributed by atoms with Crippen molar-refractivity contribution in [1.29, 1.82) is 0 Å². The summed E-state index contributed by atoms with van der Waals surface area (Å²) in [6, 6.07) is 26.1. The van der Waals surface area contributed by atoms with Crippen LogP contribution in [-0.2, 0) is 19.4 Å². The summed E-state index contributed by atoms with van der Waals surface area (Å²) < 4.78 is 5.25. The fraction of sp³-hybridized carbons (Fsp3) is 0.281. The molecule has 1 fully saturated rings. The minimum Gasteiger partial charge on any atom is -0.497 e. The Hall–Kier alpha value is -3.83. The molecule has 0 radical (unpaired) electrons. The first-order chi connectivity index (χ1) is 18.2. The molecular formula is C32H33N3O2. The van der Waals surface area contributed by atoms with Gasteiger partial charge >= 0.3 is 0 Å². The molecule has 0 saturated carbocycles. The third kappa shape index (κ3) is 6.69. The van der Waals surface area contributed by atoms with Crippen molar-refractivity contribution < 1.29 is 9.53 Å². The number of ether oxygens (including phenoxy) is 1. The summed E-state index contributed by atoms with van der Waals surface area (Å²) in [5.41, 5.74) is 6.04. The Bertz CT molecular complexity index is 1330. The highest BCUT2D eigenvalue weighted by molar-refractivity contribution is 5.97. The molecule has 5 heteroatoms. The van der Waals surface area contributed by atoms with E-state index in [-0.39, 0.29) is 5.78 Å². The maximum atomic E-state index is 13.0. The second-order valence-electron chi connectivity index (χ2n) is 9.72. The molecule has 0 spiro atoms. The Morgan fingerprint density at radius 2 is 1.62 bits per heavy atom. The number of likely N-dealkylation sites (tertiary alicyclic amines) is 1. The predicted octanol–water partition coefficient (Wildman–Crippen LogP) is 6.15. The van der Waals surface area contributed by atoms with Gasteiger partial charge in [0, 0.05) is 36.7 Å². The average molecular weight is 492 g/mol. The molecule has 5 nitrogen and oxygen atoms in total. The summed E-state index contributed by atoms with van der Waals surface area (Å²) in [5, 5.41) is 0. The van der Waals surface area contributed by atoms with E-state index in [2.05, 4.69) is 34.1 Å². The number of piperidine rings is 1. The zero-order valence-corrected chi connectivity index (χ0v) is 21.4. The molecule has 1 aliphatic rings. The van der Waals surface area contributed by atoms with Gasteiger partial charge in [-0.25, -0.2) is 9.97 Å². The number of rotatable bonds is 9. The molecule has 0 bridgehead atoms. The smallest absolute Gasteiger partial charge is 0.167 e. The lowest BCUT2D eigenvalue weighted by Crippen LogP contribution is -2.29. The first kappa shape index (κ1) is 24.8. The van der Waals surface area contributed by atoms with Gasteiger partial charge in [-0.05, 0) is 73.0 Å². The minimum absolute atomic E-state index is 0.138. The molecule has 3 aromatic carbocycles. The van der Waals surface area contributed by atoms with E-state index in [4.69, 9.17) is 9.72 Å². The largest absolute Gasteiger partial charge is 0.497 e. The number of ketones is 1. The van der Waals surface area contributed by atoms with Crippen LogP contribution in [0.1, 0.15) is 52.1 Å². The fourth-order valence-corrected chi connectivity index (χ4v) is 4.90. The summed E-state index contributed by atoms with van der Waals surface area (Å²) in [5.74, 6) is 1.71. The normalized spacial score (nSPS) is 13.9. The topological polar surface area (TPSA) is 55.3 Å². The maximum Gasteiger partial charge on any atom is 0.167 e. The van der Waals surface area contributed by atoms with Gasteiger partial charge in [0.05, 0.1) is 12.8 Å². The van der Waals surface area contributed by atoms with Crippen molar-refractivity contribution in [3.05, 3.63) is 113 Å². The van der Waals surface area contributed by atoms with Crippen molar-refractivity contribution in [1.82, 2.24) is 14.9 Å². The number of nitrogens with zero attached hydrogens (tertiary/aromatic N) is 3. The van der Waals surface area contributed by atoms with Crippen molar-refractivity contribution in [3.8, 4) is 17.0 Å². The summed E-state index contributed by atoms with van der Waals surface area (Å²) in [6.07, 6.45) is 6.70. The molecule has 1 aromatic heterocycles. The number of benzene rings is 3. The lowest BCUT2D eigenvalue weighted by Gasteiger charge is -2.26. The van der Waals surface area contributed by atoms with E-state index >= 15 is 0 Å². The van der Waals surface area contributed by atoms with E-state index in [1.165, 1.54) is 37.9 Å². The highest BCUT2D eigenvalue weighted by Crippen LogP contribution is 2.21. The fourth-order valence-electron chi connectivity index (χ4n) is 4.90. The van der Waals surface area contributed by atoms with Crippen LogP contribution in [0.5, 0.6) is 5.75 Å². The summed E-state index contributed by atoms with van der Waals surface area (Å²) in [6.45, 7) is 3.32. The standard InChI is InChI=1S/C32H33N3O2/c1-37-29-14-12-27(13-15-29)30-16-17-33-32(34-30)22-26-7-5-6-25(20-26)21-31(36)28-10-8-24(9-11-28)23-35-18-3-2-4-19-35/h5-17,20H,2-4,18-19,21-23H2,1H3. The van der Waals surface area contributed by atoms with Crippen molar-refractivity contribution in [2.75, 3.05) is 20.2 Å².